The second-order valence-electron chi connectivity index (χ2n) is 8.31. The molecule has 4 rings (SSSR count). The molecule has 4 nitrogen and oxygen atoms in total. The molecule has 0 bridgehead atoms. The first-order valence-corrected chi connectivity index (χ1v) is 11.4. The van der Waals surface area contributed by atoms with E-state index in [0.717, 1.165) is 62.4 Å². The lowest BCUT2D eigenvalue weighted by molar-refractivity contribution is -0.114. The van der Waals surface area contributed by atoms with Crippen LogP contribution in [-0.4, -0.2) is 19.6 Å². The maximum atomic E-state index is 11.7. The molecule has 0 saturated carbocycles. The number of ether oxygens (including phenoxy) is 1. The average molecular weight is 451 g/mol. The minimum absolute atomic E-state index is 0.0812. The predicted octanol–water partition coefficient (Wildman–Crippen LogP) is 7.33. The minimum Gasteiger partial charge on any atom is -0.497 e. The number of hydrogen-bond acceptors (Lipinski definition) is 3. The van der Waals surface area contributed by atoms with E-state index in [1.165, 1.54) is 6.92 Å². The second kappa shape index (κ2) is 9.84. The molecular formula is C30H30N2O2. The summed E-state index contributed by atoms with van der Waals surface area (Å²) in [4.78, 5) is 13.9. The van der Waals surface area contributed by atoms with Crippen molar-refractivity contribution in [2.75, 3.05) is 23.9 Å². The van der Waals surface area contributed by atoms with Gasteiger partial charge in [0, 0.05) is 35.9 Å². The summed E-state index contributed by atoms with van der Waals surface area (Å²) in [6.45, 7) is 11.0. The highest BCUT2D eigenvalue weighted by Crippen LogP contribution is 2.35. The number of carbonyl (C=O) groups is 1. The van der Waals surface area contributed by atoms with Gasteiger partial charge < -0.3 is 15.0 Å². The number of rotatable bonds is 7. The first-order chi connectivity index (χ1) is 16.4. The molecule has 0 spiro atoms. The third kappa shape index (κ3) is 4.53. The molecule has 0 aliphatic rings. The first-order valence-electron chi connectivity index (χ1n) is 11.4. The van der Waals surface area contributed by atoms with Crippen molar-refractivity contribution in [1.82, 2.24) is 0 Å². The number of hydrogen-bond donors (Lipinski definition) is 1. The van der Waals surface area contributed by atoms with Gasteiger partial charge in [-0.15, -0.1) is 0 Å². The summed E-state index contributed by atoms with van der Waals surface area (Å²) in [5, 5.41) is 5.07. The Bertz CT molecular complexity index is 1340. The van der Waals surface area contributed by atoms with Gasteiger partial charge in [-0.3, -0.25) is 4.79 Å². The Hall–Kier alpha value is -4.05. The molecule has 0 heterocycles. The van der Waals surface area contributed by atoms with Crippen molar-refractivity contribution in [2.24, 2.45) is 0 Å². The number of carbonyl (C=O) groups excluding carboxylic acids is 1. The molecule has 4 aromatic rings. The number of anilines is 3. The number of benzene rings is 4. The lowest BCUT2D eigenvalue weighted by Gasteiger charge is -2.24. The number of fused-ring (bicyclic) bond motifs is 1. The summed E-state index contributed by atoms with van der Waals surface area (Å²) >= 11 is 0. The number of nitrogens with zero attached hydrogens (tertiary/aromatic N) is 1. The van der Waals surface area contributed by atoms with Crippen molar-refractivity contribution in [3.05, 3.63) is 102 Å². The summed E-state index contributed by atoms with van der Waals surface area (Å²) in [5.74, 6) is 0.765. The molecule has 0 saturated heterocycles. The Kier molecular flexibility index (Phi) is 6.69. The van der Waals surface area contributed by atoms with E-state index >= 15 is 0 Å². The van der Waals surface area contributed by atoms with Crippen LogP contribution >= 0.6 is 0 Å². The maximum Gasteiger partial charge on any atom is 0.221 e. The Labute approximate surface area is 201 Å². The minimum atomic E-state index is -0.0812. The van der Waals surface area contributed by atoms with E-state index in [2.05, 4.69) is 73.1 Å². The maximum absolute atomic E-state index is 11.7. The Morgan fingerprint density at radius 2 is 1.59 bits per heavy atom. The molecule has 0 aliphatic carbocycles. The summed E-state index contributed by atoms with van der Waals surface area (Å²) < 4.78 is 5.29. The fraction of sp³-hybridized carbons (Fsp3) is 0.167. The molecule has 0 fully saturated rings. The molecule has 1 amide bonds. The van der Waals surface area contributed by atoms with Gasteiger partial charge in [-0.1, -0.05) is 43.0 Å². The fourth-order valence-electron chi connectivity index (χ4n) is 4.41. The molecule has 0 atom stereocenters. The van der Waals surface area contributed by atoms with E-state index in [9.17, 15) is 4.79 Å². The van der Waals surface area contributed by atoms with Crippen LogP contribution in [0, 0.1) is 6.92 Å². The van der Waals surface area contributed by atoms with Gasteiger partial charge in [0.15, 0.2) is 0 Å². The molecule has 0 radical (unpaired) electrons. The van der Waals surface area contributed by atoms with Crippen molar-refractivity contribution >= 4 is 39.3 Å². The lowest BCUT2D eigenvalue weighted by atomic mass is 9.91. The zero-order valence-electron chi connectivity index (χ0n) is 20.2. The normalized spacial score (nSPS) is 10.7. The number of amides is 1. The van der Waals surface area contributed by atoms with Crippen LogP contribution in [0.25, 0.3) is 16.3 Å². The van der Waals surface area contributed by atoms with Crippen LogP contribution in [-0.2, 0) is 4.79 Å². The highest BCUT2D eigenvalue weighted by atomic mass is 16.5. The van der Waals surface area contributed by atoms with E-state index in [4.69, 9.17) is 4.74 Å². The van der Waals surface area contributed by atoms with Crippen LogP contribution in [0.2, 0.25) is 0 Å². The molecular weight excluding hydrogens is 420 g/mol. The van der Waals surface area contributed by atoms with Crippen molar-refractivity contribution in [3.63, 3.8) is 0 Å². The smallest absolute Gasteiger partial charge is 0.221 e. The molecule has 1 N–H and O–H groups in total. The van der Waals surface area contributed by atoms with E-state index in [-0.39, 0.29) is 5.91 Å². The zero-order chi connectivity index (χ0) is 24.2. The van der Waals surface area contributed by atoms with Crippen molar-refractivity contribution < 1.29 is 9.53 Å². The first kappa shape index (κ1) is 23.1. The Morgan fingerprint density at radius 3 is 2.18 bits per heavy atom. The quantitative estimate of drug-likeness (QED) is 0.320. The van der Waals surface area contributed by atoms with Gasteiger partial charge in [-0.25, -0.2) is 0 Å². The monoisotopic (exact) mass is 450 g/mol. The standard InChI is InChI=1S/C30H30N2O2/c1-6-32(25-15-17-26(34-5)18-16-25)24-13-11-23(12-14-24)21(3)27-8-7-9-28-29(31-22(4)33)19-10-20(2)30(27)28/h7-19H,3,6H2,1-2,4-5H3,(H,31,33). The van der Waals surface area contributed by atoms with Crippen molar-refractivity contribution in [2.45, 2.75) is 20.8 Å². The number of nitrogens with one attached hydrogen (secondary N) is 1. The summed E-state index contributed by atoms with van der Waals surface area (Å²) in [5.41, 5.74) is 7.28. The molecule has 172 valence electrons. The third-order valence-corrected chi connectivity index (χ3v) is 6.11. The highest BCUT2D eigenvalue weighted by Gasteiger charge is 2.13. The largest absolute Gasteiger partial charge is 0.497 e. The van der Waals surface area contributed by atoms with Crippen LogP contribution in [0.15, 0.2) is 85.4 Å². The molecule has 0 aromatic heterocycles. The Balaban J connectivity index is 1.68. The molecule has 0 unspecified atom stereocenters. The van der Waals surface area contributed by atoms with E-state index < -0.39 is 0 Å². The summed E-state index contributed by atoms with van der Waals surface area (Å²) in [6, 6.07) is 26.8. The van der Waals surface area contributed by atoms with E-state index in [0.29, 0.717) is 0 Å². The molecule has 0 aliphatic heterocycles. The van der Waals surface area contributed by atoms with Crippen LogP contribution < -0.4 is 15.0 Å². The molecule has 34 heavy (non-hydrogen) atoms. The van der Waals surface area contributed by atoms with Gasteiger partial charge in [-0.2, -0.15) is 0 Å². The van der Waals surface area contributed by atoms with Gasteiger partial charge in [0.25, 0.3) is 0 Å². The van der Waals surface area contributed by atoms with Gasteiger partial charge in [0.1, 0.15) is 5.75 Å². The van der Waals surface area contributed by atoms with Crippen LogP contribution in [0.1, 0.15) is 30.5 Å². The topological polar surface area (TPSA) is 41.6 Å². The SMILES string of the molecule is C=C(c1ccc(N(CC)c2ccc(OC)cc2)cc1)c1cccc2c(NC(C)=O)ccc(C)c12. The van der Waals surface area contributed by atoms with E-state index in [1.807, 2.05) is 36.4 Å². The zero-order valence-corrected chi connectivity index (χ0v) is 20.2. The summed E-state index contributed by atoms with van der Waals surface area (Å²) in [7, 11) is 1.68. The van der Waals surface area contributed by atoms with Crippen molar-refractivity contribution in [1.29, 1.82) is 0 Å². The number of methoxy groups -OCH3 is 1. The van der Waals surface area contributed by atoms with E-state index in [1.54, 1.807) is 7.11 Å². The van der Waals surface area contributed by atoms with Crippen LogP contribution in [0.5, 0.6) is 5.75 Å². The Morgan fingerprint density at radius 1 is 0.941 bits per heavy atom. The van der Waals surface area contributed by atoms with Gasteiger partial charge >= 0.3 is 0 Å². The molecule has 4 aromatic carbocycles. The fourth-order valence-corrected chi connectivity index (χ4v) is 4.41. The third-order valence-electron chi connectivity index (χ3n) is 6.11. The second-order valence-corrected chi connectivity index (χ2v) is 8.31. The van der Waals surface area contributed by atoms with Crippen molar-refractivity contribution in [3.8, 4) is 5.75 Å². The van der Waals surface area contributed by atoms with Crippen LogP contribution in [0.4, 0.5) is 17.1 Å². The summed E-state index contributed by atoms with van der Waals surface area (Å²) in [6.07, 6.45) is 0. The van der Waals surface area contributed by atoms with Gasteiger partial charge in [0.2, 0.25) is 5.91 Å². The van der Waals surface area contributed by atoms with Gasteiger partial charge in [0.05, 0.1) is 7.11 Å². The predicted molar refractivity (Wildman–Crippen MR) is 143 cm³/mol. The lowest BCUT2D eigenvalue weighted by Crippen LogP contribution is -2.15. The van der Waals surface area contributed by atoms with Crippen LogP contribution in [0.3, 0.4) is 0 Å². The molecule has 4 heteroatoms. The number of aryl methyl sites for hydroxylation is 1. The highest BCUT2D eigenvalue weighted by molar-refractivity contribution is 6.07. The van der Waals surface area contributed by atoms with Gasteiger partial charge in [-0.05, 0) is 84.0 Å². The average Bonchev–Trinajstić information content (AvgIpc) is 2.86.